The molecule has 128 valence electrons. The quantitative estimate of drug-likeness (QED) is 0.882. The average molecular weight is 340 g/mol. The molecule has 3 N–H and O–H groups in total. The van der Waals surface area contributed by atoms with Gasteiger partial charge in [-0.25, -0.2) is 0 Å². The maximum absolute atomic E-state index is 12.4. The van der Waals surface area contributed by atoms with Crippen molar-refractivity contribution in [3.8, 4) is 0 Å². The molecule has 1 aromatic carbocycles. The van der Waals surface area contributed by atoms with E-state index >= 15 is 0 Å². The van der Waals surface area contributed by atoms with Crippen LogP contribution < -0.4 is 11.1 Å². The van der Waals surface area contributed by atoms with Crippen molar-refractivity contribution in [2.24, 2.45) is 5.73 Å². The van der Waals surface area contributed by atoms with Gasteiger partial charge in [-0.15, -0.1) is 12.4 Å². The lowest BCUT2D eigenvalue weighted by molar-refractivity contribution is -0.126. The standard InChI is InChI=1S/C17H25N3O2.ClH/c1-12-4-6-13(7-5-12)15(21)20-10-8-14(9-11-20)19-16(22)17(2,3)18;/h4-7,14H,8-11,18H2,1-3H3,(H,19,22);1H. The Morgan fingerprint density at radius 1 is 1.17 bits per heavy atom. The molecule has 1 aliphatic heterocycles. The third kappa shape index (κ3) is 5.22. The van der Waals surface area contributed by atoms with E-state index in [1.807, 2.05) is 36.1 Å². The number of hydrogen-bond acceptors (Lipinski definition) is 3. The Hall–Kier alpha value is -1.59. The number of benzene rings is 1. The van der Waals surface area contributed by atoms with Crippen LogP contribution in [0.2, 0.25) is 0 Å². The van der Waals surface area contributed by atoms with E-state index < -0.39 is 5.54 Å². The predicted octanol–water partition coefficient (Wildman–Crippen LogP) is 1.87. The summed E-state index contributed by atoms with van der Waals surface area (Å²) in [6, 6.07) is 7.72. The lowest BCUT2D eigenvalue weighted by Gasteiger charge is -2.33. The molecular formula is C17H26ClN3O2. The molecule has 0 bridgehead atoms. The first-order valence-corrected chi connectivity index (χ1v) is 7.73. The number of piperidine rings is 1. The molecule has 0 atom stereocenters. The van der Waals surface area contributed by atoms with Crippen molar-refractivity contribution in [2.75, 3.05) is 13.1 Å². The molecule has 0 aliphatic carbocycles. The van der Waals surface area contributed by atoms with Crippen LogP contribution in [0.25, 0.3) is 0 Å². The van der Waals surface area contributed by atoms with Gasteiger partial charge in [-0.3, -0.25) is 9.59 Å². The molecule has 1 fully saturated rings. The molecule has 0 saturated carbocycles. The first kappa shape index (κ1) is 19.5. The van der Waals surface area contributed by atoms with Crippen LogP contribution >= 0.6 is 12.4 Å². The van der Waals surface area contributed by atoms with Crippen LogP contribution in [0.3, 0.4) is 0 Å². The third-order valence-corrected chi connectivity index (χ3v) is 4.00. The second-order valence-electron chi connectivity index (χ2n) is 6.63. The van der Waals surface area contributed by atoms with Crippen LogP contribution in [0.1, 0.15) is 42.6 Å². The maximum Gasteiger partial charge on any atom is 0.253 e. The second-order valence-corrected chi connectivity index (χ2v) is 6.63. The number of carbonyl (C=O) groups is 2. The number of likely N-dealkylation sites (tertiary alicyclic amines) is 1. The Labute approximate surface area is 144 Å². The zero-order chi connectivity index (χ0) is 16.3. The van der Waals surface area contributed by atoms with Gasteiger partial charge in [0.25, 0.3) is 5.91 Å². The third-order valence-electron chi connectivity index (χ3n) is 4.00. The minimum absolute atomic E-state index is 0. The van der Waals surface area contributed by atoms with Crippen molar-refractivity contribution < 1.29 is 9.59 Å². The summed E-state index contributed by atoms with van der Waals surface area (Å²) in [7, 11) is 0. The first-order valence-electron chi connectivity index (χ1n) is 7.73. The molecule has 1 saturated heterocycles. The Morgan fingerprint density at radius 3 is 2.17 bits per heavy atom. The van der Waals surface area contributed by atoms with Gasteiger partial charge >= 0.3 is 0 Å². The van der Waals surface area contributed by atoms with Crippen molar-refractivity contribution in [1.82, 2.24) is 10.2 Å². The number of halogens is 1. The summed E-state index contributed by atoms with van der Waals surface area (Å²) in [4.78, 5) is 26.2. The zero-order valence-corrected chi connectivity index (χ0v) is 14.8. The molecule has 0 unspecified atom stereocenters. The minimum atomic E-state index is -0.866. The highest BCUT2D eigenvalue weighted by atomic mass is 35.5. The zero-order valence-electron chi connectivity index (χ0n) is 14.0. The van der Waals surface area contributed by atoms with Gasteiger partial charge in [-0.05, 0) is 45.7 Å². The topological polar surface area (TPSA) is 75.4 Å². The molecule has 2 rings (SSSR count). The summed E-state index contributed by atoms with van der Waals surface area (Å²) in [5.41, 5.74) is 6.78. The molecule has 1 aliphatic rings. The molecule has 5 nitrogen and oxygen atoms in total. The maximum atomic E-state index is 12.4. The monoisotopic (exact) mass is 339 g/mol. The molecule has 6 heteroatoms. The van der Waals surface area contributed by atoms with Crippen molar-refractivity contribution in [3.05, 3.63) is 35.4 Å². The Kier molecular flexibility index (Phi) is 6.59. The summed E-state index contributed by atoms with van der Waals surface area (Å²) in [6.45, 7) is 6.70. The first-order chi connectivity index (χ1) is 10.3. The lowest BCUT2D eigenvalue weighted by Crippen LogP contribution is -2.54. The highest BCUT2D eigenvalue weighted by molar-refractivity contribution is 5.94. The van der Waals surface area contributed by atoms with Crippen LogP contribution in [-0.2, 0) is 4.79 Å². The SMILES string of the molecule is Cc1ccc(C(=O)N2CCC(NC(=O)C(C)(C)N)CC2)cc1.Cl. The minimum Gasteiger partial charge on any atom is -0.352 e. The fourth-order valence-corrected chi connectivity index (χ4v) is 2.48. The molecule has 23 heavy (non-hydrogen) atoms. The summed E-state index contributed by atoms with van der Waals surface area (Å²) < 4.78 is 0. The smallest absolute Gasteiger partial charge is 0.253 e. The molecule has 2 amide bonds. The van der Waals surface area contributed by atoms with Gasteiger partial charge in [-0.1, -0.05) is 17.7 Å². The highest BCUT2D eigenvalue weighted by Gasteiger charge is 2.28. The number of nitrogens with two attached hydrogens (primary N) is 1. The summed E-state index contributed by atoms with van der Waals surface area (Å²) in [5.74, 6) is -0.0836. The number of carbonyl (C=O) groups excluding carboxylic acids is 2. The average Bonchev–Trinajstić information content (AvgIpc) is 2.47. The number of amides is 2. The molecule has 1 aromatic rings. The lowest BCUT2D eigenvalue weighted by atomic mass is 10.0. The molecular weight excluding hydrogens is 314 g/mol. The van der Waals surface area contributed by atoms with E-state index in [1.54, 1.807) is 13.8 Å². The van der Waals surface area contributed by atoms with Crippen LogP contribution in [0.4, 0.5) is 0 Å². The van der Waals surface area contributed by atoms with E-state index in [4.69, 9.17) is 5.73 Å². The Bertz CT molecular complexity index is 544. The van der Waals surface area contributed by atoms with E-state index in [0.29, 0.717) is 13.1 Å². The Morgan fingerprint density at radius 2 is 1.70 bits per heavy atom. The van der Waals surface area contributed by atoms with E-state index in [2.05, 4.69) is 5.32 Å². The fourth-order valence-electron chi connectivity index (χ4n) is 2.48. The van der Waals surface area contributed by atoms with Crippen LogP contribution in [0.15, 0.2) is 24.3 Å². The predicted molar refractivity (Wildman–Crippen MR) is 93.8 cm³/mol. The molecule has 0 radical (unpaired) electrons. The number of nitrogens with zero attached hydrogens (tertiary/aromatic N) is 1. The number of hydrogen-bond donors (Lipinski definition) is 2. The number of rotatable bonds is 3. The van der Waals surface area contributed by atoms with Crippen molar-refractivity contribution >= 4 is 24.2 Å². The van der Waals surface area contributed by atoms with Crippen molar-refractivity contribution in [1.29, 1.82) is 0 Å². The normalized spacial score (nSPS) is 15.7. The summed E-state index contributed by atoms with van der Waals surface area (Å²) >= 11 is 0. The van der Waals surface area contributed by atoms with Gasteiger partial charge in [0.15, 0.2) is 0 Å². The summed E-state index contributed by atoms with van der Waals surface area (Å²) in [5, 5.41) is 2.96. The Balaban J connectivity index is 0.00000264. The number of nitrogens with one attached hydrogen (secondary N) is 1. The van der Waals surface area contributed by atoms with Crippen molar-refractivity contribution in [3.63, 3.8) is 0 Å². The molecule has 0 aromatic heterocycles. The van der Waals surface area contributed by atoms with Gasteiger partial charge in [0.05, 0.1) is 5.54 Å². The van der Waals surface area contributed by atoms with Crippen LogP contribution in [-0.4, -0.2) is 41.4 Å². The molecule has 1 heterocycles. The largest absolute Gasteiger partial charge is 0.352 e. The van der Waals surface area contributed by atoms with Crippen LogP contribution in [0, 0.1) is 6.92 Å². The van der Waals surface area contributed by atoms with E-state index in [0.717, 1.165) is 24.0 Å². The summed E-state index contributed by atoms with van der Waals surface area (Å²) in [6.07, 6.45) is 1.53. The van der Waals surface area contributed by atoms with E-state index in [1.165, 1.54) is 0 Å². The van der Waals surface area contributed by atoms with Gasteiger partial charge in [-0.2, -0.15) is 0 Å². The number of aryl methyl sites for hydroxylation is 1. The second kappa shape index (κ2) is 7.79. The van der Waals surface area contributed by atoms with Gasteiger partial charge < -0.3 is 16.0 Å². The fraction of sp³-hybridized carbons (Fsp3) is 0.529. The van der Waals surface area contributed by atoms with Gasteiger partial charge in [0, 0.05) is 24.7 Å². The van der Waals surface area contributed by atoms with Crippen LogP contribution in [0.5, 0.6) is 0 Å². The van der Waals surface area contributed by atoms with E-state index in [-0.39, 0.29) is 30.3 Å². The van der Waals surface area contributed by atoms with Gasteiger partial charge in [0.1, 0.15) is 0 Å². The van der Waals surface area contributed by atoms with Crippen molar-refractivity contribution in [2.45, 2.75) is 45.2 Å². The highest BCUT2D eigenvalue weighted by Crippen LogP contribution is 2.15. The van der Waals surface area contributed by atoms with Gasteiger partial charge in [0.2, 0.25) is 5.91 Å². The molecule has 0 spiro atoms. The van der Waals surface area contributed by atoms with E-state index in [9.17, 15) is 9.59 Å².